The minimum atomic E-state index is -0.203. The summed E-state index contributed by atoms with van der Waals surface area (Å²) in [6.45, 7) is 8.23. The first-order valence-corrected chi connectivity index (χ1v) is 13.9. The van der Waals surface area contributed by atoms with E-state index in [9.17, 15) is 4.79 Å². The van der Waals surface area contributed by atoms with E-state index >= 15 is 0 Å². The molecule has 1 aromatic carbocycles. The fourth-order valence-electron chi connectivity index (χ4n) is 5.29. The third kappa shape index (κ3) is 6.19. The van der Waals surface area contributed by atoms with Crippen LogP contribution in [0.25, 0.3) is 0 Å². The van der Waals surface area contributed by atoms with Crippen molar-refractivity contribution in [1.82, 2.24) is 19.7 Å². The Morgan fingerprint density at radius 1 is 1.06 bits per heavy atom. The second-order valence-electron chi connectivity index (χ2n) is 9.85. The number of morpholine rings is 1. The van der Waals surface area contributed by atoms with Crippen LogP contribution in [0.5, 0.6) is 0 Å². The summed E-state index contributed by atoms with van der Waals surface area (Å²) in [6.07, 6.45) is 5.56. The van der Waals surface area contributed by atoms with Gasteiger partial charge < -0.3 is 19.3 Å². The molecular formula is C26H37N5O3S. The molecule has 1 aromatic heterocycles. The lowest BCUT2D eigenvalue weighted by Crippen LogP contribution is -2.42. The van der Waals surface area contributed by atoms with Crippen LogP contribution in [0.15, 0.2) is 35.5 Å². The molecule has 0 unspecified atom stereocenters. The monoisotopic (exact) mass is 499 g/mol. The minimum Gasteiger partial charge on any atom is -0.378 e. The van der Waals surface area contributed by atoms with E-state index in [1.807, 2.05) is 11.8 Å². The molecule has 0 saturated carbocycles. The number of hydrogen-bond donors (Lipinski definition) is 0. The van der Waals surface area contributed by atoms with Crippen LogP contribution in [0.2, 0.25) is 0 Å². The molecule has 0 radical (unpaired) electrons. The molecule has 3 aliphatic rings. The molecule has 3 saturated heterocycles. The van der Waals surface area contributed by atoms with Crippen LogP contribution >= 0.6 is 11.8 Å². The third-order valence-electron chi connectivity index (χ3n) is 7.32. The Hall–Kier alpha value is -2.10. The maximum Gasteiger partial charge on any atom is 0.235 e. The molecule has 9 heteroatoms. The van der Waals surface area contributed by atoms with Gasteiger partial charge >= 0.3 is 0 Å². The Kier molecular flexibility index (Phi) is 8.26. The number of thioether (sulfide) groups is 1. The summed E-state index contributed by atoms with van der Waals surface area (Å²) in [5.41, 5.74) is 1.39. The summed E-state index contributed by atoms with van der Waals surface area (Å²) in [7, 11) is 0. The first-order chi connectivity index (χ1) is 17.2. The zero-order chi connectivity index (χ0) is 24.0. The highest BCUT2D eigenvalue weighted by Crippen LogP contribution is 2.30. The molecule has 2 aromatic rings. The molecule has 5 rings (SSSR count). The number of likely N-dealkylation sites (tertiary alicyclic amines) is 1. The van der Waals surface area contributed by atoms with E-state index in [-0.39, 0.29) is 17.3 Å². The Bertz CT molecular complexity index is 951. The van der Waals surface area contributed by atoms with E-state index in [0.29, 0.717) is 19.1 Å². The Labute approximate surface area is 212 Å². The summed E-state index contributed by atoms with van der Waals surface area (Å²) >= 11 is 1.53. The van der Waals surface area contributed by atoms with E-state index in [1.165, 1.54) is 17.3 Å². The molecule has 3 fully saturated rings. The normalized spacial score (nSPS) is 22.5. The molecule has 1 amide bonds. The highest BCUT2D eigenvalue weighted by molar-refractivity contribution is 8.00. The summed E-state index contributed by atoms with van der Waals surface area (Å²) in [6, 6.07) is 10.7. The number of hydrogen-bond acceptors (Lipinski definition) is 7. The number of rotatable bonds is 8. The van der Waals surface area contributed by atoms with Gasteiger partial charge in [-0.3, -0.25) is 9.36 Å². The Morgan fingerprint density at radius 3 is 2.54 bits per heavy atom. The highest BCUT2D eigenvalue weighted by atomic mass is 32.2. The van der Waals surface area contributed by atoms with Gasteiger partial charge in [0.15, 0.2) is 5.16 Å². The summed E-state index contributed by atoms with van der Waals surface area (Å²) in [4.78, 5) is 17.6. The van der Waals surface area contributed by atoms with Gasteiger partial charge in [-0.15, -0.1) is 10.2 Å². The average Bonchev–Trinajstić information content (AvgIpc) is 3.56. The van der Waals surface area contributed by atoms with Gasteiger partial charge in [0.2, 0.25) is 11.9 Å². The molecule has 2 atom stereocenters. The lowest BCUT2D eigenvalue weighted by molar-refractivity contribution is -0.131. The standard InChI is InChI=1S/C26H37N5O3S/c1-20(24(32)29-11-9-22(10-12-29)18-21-6-3-2-4-7-21)35-26-28-27-25(30-13-16-33-17-14-30)31(26)19-23-8-5-15-34-23/h2-4,6-7,20,22-23H,5,8-19H2,1H3/t20-,23+/m1/s1. The van der Waals surface area contributed by atoms with Crippen LogP contribution < -0.4 is 4.90 Å². The van der Waals surface area contributed by atoms with Crippen molar-refractivity contribution in [1.29, 1.82) is 0 Å². The Morgan fingerprint density at radius 2 is 1.83 bits per heavy atom. The molecule has 3 aliphatic heterocycles. The van der Waals surface area contributed by atoms with Gasteiger partial charge in [-0.2, -0.15) is 0 Å². The molecule has 0 spiro atoms. The van der Waals surface area contributed by atoms with Gasteiger partial charge in [0, 0.05) is 32.8 Å². The average molecular weight is 500 g/mol. The Balaban J connectivity index is 1.20. The molecule has 0 aliphatic carbocycles. The van der Waals surface area contributed by atoms with Crippen molar-refractivity contribution in [2.45, 2.75) is 62.1 Å². The van der Waals surface area contributed by atoms with Crippen molar-refractivity contribution >= 4 is 23.6 Å². The molecule has 4 heterocycles. The number of nitrogens with zero attached hydrogens (tertiary/aromatic N) is 5. The first-order valence-electron chi connectivity index (χ1n) is 13.0. The van der Waals surface area contributed by atoms with Crippen LogP contribution in [0, 0.1) is 5.92 Å². The van der Waals surface area contributed by atoms with E-state index in [1.54, 1.807) is 0 Å². The predicted molar refractivity (Wildman–Crippen MR) is 137 cm³/mol. The van der Waals surface area contributed by atoms with Crippen LogP contribution in [-0.4, -0.2) is 82.9 Å². The molecule has 8 nitrogen and oxygen atoms in total. The number of amides is 1. The van der Waals surface area contributed by atoms with Gasteiger partial charge in [0.05, 0.1) is 31.1 Å². The number of benzene rings is 1. The number of carbonyl (C=O) groups is 1. The lowest BCUT2D eigenvalue weighted by atomic mass is 9.90. The number of piperidine rings is 1. The first kappa shape index (κ1) is 24.6. The topological polar surface area (TPSA) is 72.7 Å². The van der Waals surface area contributed by atoms with Crippen molar-refractivity contribution in [2.24, 2.45) is 5.92 Å². The summed E-state index contributed by atoms with van der Waals surface area (Å²) in [5.74, 6) is 1.72. The molecular weight excluding hydrogens is 462 g/mol. The van der Waals surface area contributed by atoms with Crippen LogP contribution in [-0.2, 0) is 27.2 Å². The van der Waals surface area contributed by atoms with Crippen LogP contribution in [0.3, 0.4) is 0 Å². The van der Waals surface area contributed by atoms with E-state index in [0.717, 1.165) is 82.5 Å². The van der Waals surface area contributed by atoms with E-state index in [4.69, 9.17) is 9.47 Å². The molecule has 35 heavy (non-hydrogen) atoms. The minimum absolute atomic E-state index is 0.180. The van der Waals surface area contributed by atoms with Crippen LogP contribution in [0.4, 0.5) is 5.95 Å². The highest BCUT2D eigenvalue weighted by Gasteiger charge is 2.30. The molecule has 0 bridgehead atoms. The third-order valence-corrected chi connectivity index (χ3v) is 8.39. The van der Waals surface area contributed by atoms with Gasteiger partial charge in [0.1, 0.15) is 0 Å². The van der Waals surface area contributed by atoms with E-state index in [2.05, 4.69) is 50.0 Å². The smallest absolute Gasteiger partial charge is 0.235 e. The fraction of sp³-hybridized carbons (Fsp3) is 0.654. The largest absolute Gasteiger partial charge is 0.378 e. The van der Waals surface area contributed by atoms with Crippen molar-refractivity contribution < 1.29 is 14.3 Å². The predicted octanol–water partition coefficient (Wildman–Crippen LogP) is 3.26. The number of anilines is 1. The number of aromatic nitrogens is 3. The van der Waals surface area contributed by atoms with Crippen molar-refractivity contribution in [3.8, 4) is 0 Å². The quantitative estimate of drug-likeness (QED) is 0.516. The SMILES string of the molecule is C[C@@H](Sc1nnc(N2CCOCC2)n1C[C@@H]1CCCO1)C(=O)N1CCC(Cc2ccccc2)CC1. The zero-order valence-electron chi connectivity index (χ0n) is 20.7. The second-order valence-corrected chi connectivity index (χ2v) is 11.2. The maximum absolute atomic E-state index is 13.3. The van der Waals surface area contributed by atoms with Gasteiger partial charge in [-0.05, 0) is 50.5 Å². The van der Waals surface area contributed by atoms with Crippen molar-refractivity contribution in [2.75, 3.05) is 50.9 Å². The fourth-order valence-corrected chi connectivity index (χ4v) is 6.23. The van der Waals surface area contributed by atoms with E-state index < -0.39 is 0 Å². The summed E-state index contributed by atoms with van der Waals surface area (Å²) < 4.78 is 13.6. The van der Waals surface area contributed by atoms with Crippen molar-refractivity contribution in [3.05, 3.63) is 35.9 Å². The lowest BCUT2D eigenvalue weighted by Gasteiger charge is -2.33. The molecule has 0 N–H and O–H groups in total. The number of ether oxygens (including phenoxy) is 2. The number of carbonyl (C=O) groups excluding carboxylic acids is 1. The zero-order valence-corrected chi connectivity index (χ0v) is 21.5. The summed E-state index contributed by atoms with van der Waals surface area (Å²) in [5, 5.41) is 9.67. The van der Waals surface area contributed by atoms with Gasteiger partial charge in [-0.25, -0.2) is 0 Å². The van der Waals surface area contributed by atoms with Crippen molar-refractivity contribution in [3.63, 3.8) is 0 Å². The molecule has 190 valence electrons. The second kappa shape index (κ2) is 11.8. The maximum atomic E-state index is 13.3. The van der Waals surface area contributed by atoms with Gasteiger partial charge in [0.25, 0.3) is 0 Å². The van der Waals surface area contributed by atoms with Crippen LogP contribution in [0.1, 0.15) is 38.2 Å². The van der Waals surface area contributed by atoms with Gasteiger partial charge in [-0.1, -0.05) is 42.1 Å².